The molecular weight excluding hydrogens is 1260 g/mol. The second kappa shape index (κ2) is 61.7. The number of carbonyl (C=O) groups excluding carboxylic acids is 1. The van der Waals surface area contributed by atoms with Gasteiger partial charge in [0.15, 0.2) is 18.9 Å². The molecule has 19 heteroatoms. The molecule has 3 rings (SSSR count). The maximum Gasteiger partial charge on any atom is 0.220 e. The van der Waals surface area contributed by atoms with Crippen LogP contribution in [0, 0.1) is 0 Å². The van der Waals surface area contributed by atoms with Gasteiger partial charge in [-0.25, -0.2) is 0 Å². The van der Waals surface area contributed by atoms with Gasteiger partial charge in [0.2, 0.25) is 5.91 Å². The average molecular weight is 1420 g/mol. The second-order valence-corrected chi connectivity index (χ2v) is 30.0. The Morgan fingerprint density at radius 3 is 0.949 bits per heavy atom. The molecule has 3 aliphatic rings. The van der Waals surface area contributed by atoms with Crippen LogP contribution in [0.1, 0.15) is 361 Å². The Balaban J connectivity index is 1.36. The zero-order valence-corrected chi connectivity index (χ0v) is 62.8. The van der Waals surface area contributed by atoms with E-state index in [2.05, 4.69) is 19.2 Å². The molecule has 12 N–H and O–H groups in total. The summed E-state index contributed by atoms with van der Waals surface area (Å²) in [6, 6.07) is -0.970. The van der Waals surface area contributed by atoms with E-state index in [9.17, 15) is 61.0 Å². The third-order valence-electron chi connectivity index (χ3n) is 21.1. The summed E-state index contributed by atoms with van der Waals surface area (Å²) in [6.07, 6.45) is 46.3. The molecule has 1 amide bonds. The highest BCUT2D eigenvalue weighted by molar-refractivity contribution is 5.76. The van der Waals surface area contributed by atoms with Crippen LogP contribution in [0.2, 0.25) is 0 Å². The summed E-state index contributed by atoms with van der Waals surface area (Å²) in [5.74, 6) is -0.266. The van der Waals surface area contributed by atoms with E-state index in [1.807, 2.05) is 6.08 Å². The van der Waals surface area contributed by atoms with Crippen molar-refractivity contribution in [2.75, 3.05) is 26.4 Å². The predicted octanol–water partition coefficient (Wildman–Crippen LogP) is 14.0. The lowest BCUT2D eigenvalue weighted by Crippen LogP contribution is -2.66. The predicted molar refractivity (Wildman–Crippen MR) is 393 cm³/mol. The molecule has 99 heavy (non-hydrogen) atoms. The standard InChI is InChI=1S/C80H153NO18/c1-3-5-7-9-11-13-15-17-19-21-23-25-27-29-30-31-32-34-36-38-40-42-44-46-48-50-52-54-56-58-68(86)81-63(64(85)57-55-53-51-49-47-45-43-41-39-37-35-33-28-26-24-22-20-18-16-14-12-10-8-6-4-2)62-94-78-74(92)71(89)76(66(60-83)96-78)99-80-75(93)72(90)77(67(61-84)97-80)98-79-73(91)70(88)69(87)65(59-82)95-79/h55,57,63-67,69-80,82-85,87-93H,3-54,56,58-62H2,1-2H3,(H,81,86)/b57-55+. The summed E-state index contributed by atoms with van der Waals surface area (Å²) in [4.78, 5) is 13.5. The van der Waals surface area contributed by atoms with Crippen molar-refractivity contribution in [3.05, 3.63) is 12.2 Å². The molecule has 0 aromatic carbocycles. The van der Waals surface area contributed by atoms with Crippen molar-refractivity contribution >= 4 is 5.91 Å². The molecule has 3 aliphatic heterocycles. The Labute approximate surface area is 601 Å². The Kier molecular flexibility index (Phi) is 57.1. The van der Waals surface area contributed by atoms with Gasteiger partial charge in [-0.2, -0.15) is 0 Å². The molecule has 0 saturated carbocycles. The lowest BCUT2D eigenvalue weighted by Gasteiger charge is -2.48. The number of aliphatic hydroxyl groups is 11. The topological polar surface area (TPSA) is 307 Å². The normalized spacial score (nSPS) is 26.6. The van der Waals surface area contributed by atoms with E-state index in [1.165, 1.54) is 289 Å². The van der Waals surface area contributed by atoms with Crippen molar-refractivity contribution < 1.29 is 89.4 Å². The first-order chi connectivity index (χ1) is 48.3. The number of carbonyl (C=O) groups is 1. The fraction of sp³-hybridized carbons (Fsp3) is 0.963. The molecule has 3 heterocycles. The zero-order chi connectivity index (χ0) is 71.8. The molecule has 0 aliphatic carbocycles. The van der Waals surface area contributed by atoms with E-state index in [4.69, 9.17) is 28.4 Å². The number of amides is 1. The fourth-order valence-corrected chi connectivity index (χ4v) is 14.4. The van der Waals surface area contributed by atoms with Crippen LogP contribution in [0.3, 0.4) is 0 Å². The number of unbranched alkanes of at least 4 members (excludes halogenated alkanes) is 51. The Bertz CT molecular complexity index is 1840. The summed E-state index contributed by atoms with van der Waals surface area (Å²) in [5, 5.41) is 121. The number of hydrogen-bond donors (Lipinski definition) is 12. The third-order valence-corrected chi connectivity index (χ3v) is 21.1. The SMILES string of the molecule is CCCCCCCCCCCCCCCCCCCCCCCCC/C=C/C(O)C(COC1OC(CO)C(OC2OC(CO)C(OC3OC(CO)C(O)C(O)C3O)C(O)C2O)C(O)C1O)NC(=O)CCCCCCCCCCCCCCCCCCCCCCCCCCCCCCC. The summed E-state index contributed by atoms with van der Waals surface area (Å²) in [6.45, 7) is 1.81. The molecule has 0 spiro atoms. The van der Waals surface area contributed by atoms with Gasteiger partial charge in [-0.15, -0.1) is 0 Å². The highest BCUT2D eigenvalue weighted by atomic mass is 16.8. The van der Waals surface area contributed by atoms with E-state index in [0.29, 0.717) is 6.42 Å². The molecule has 3 fully saturated rings. The van der Waals surface area contributed by atoms with Gasteiger partial charge in [0, 0.05) is 6.42 Å². The van der Waals surface area contributed by atoms with Gasteiger partial charge in [-0.3, -0.25) is 4.79 Å². The minimum atomic E-state index is -1.98. The first kappa shape index (κ1) is 91.7. The summed E-state index contributed by atoms with van der Waals surface area (Å²) in [7, 11) is 0. The van der Waals surface area contributed by atoms with Crippen LogP contribution < -0.4 is 5.32 Å². The number of rotatable bonds is 67. The van der Waals surface area contributed by atoms with Crippen LogP contribution in [-0.2, 0) is 33.2 Å². The maximum absolute atomic E-state index is 13.5. The zero-order valence-electron chi connectivity index (χ0n) is 62.8. The molecule has 0 radical (unpaired) electrons. The minimum absolute atomic E-state index is 0.250. The Hall–Kier alpha value is -1.47. The number of hydrogen-bond acceptors (Lipinski definition) is 18. The third kappa shape index (κ3) is 41.9. The molecule has 0 aromatic rings. The van der Waals surface area contributed by atoms with Gasteiger partial charge in [0.25, 0.3) is 0 Å². The van der Waals surface area contributed by atoms with E-state index in [1.54, 1.807) is 6.08 Å². The van der Waals surface area contributed by atoms with Crippen molar-refractivity contribution in [1.29, 1.82) is 0 Å². The Morgan fingerprint density at radius 2 is 0.626 bits per heavy atom. The quantitative estimate of drug-likeness (QED) is 0.0199. The van der Waals surface area contributed by atoms with E-state index >= 15 is 0 Å². The monoisotopic (exact) mass is 1420 g/mol. The van der Waals surface area contributed by atoms with Gasteiger partial charge < -0.3 is 89.9 Å². The highest BCUT2D eigenvalue weighted by Crippen LogP contribution is 2.33. The molecule has 0 bridgehead atoms. The Morgan fingerprint density at radius 1 is 0.354 bits per heavy atom. The van der Waals surface area contributed by atoms with Gasteiger partial charge in [0.1, 0.15) is 73.2 Å². The first-order valence-corrected chi connectivity index (χ1v) is 41.4. The number of aliphatic hydroxyl groups excluding tert-OH is 11. The second-order valence-electron chi connectivity index (χ2n) is 30.0. The van der Waals surface area contributed by atoms with Crippen LogP contribution in [0.5, 0.6) is 0 Å². The minimum Gasteiger partial charge on any atom is -0.394 e. The number of ether oxygens (including phenoxy) is 6. The van der Waals surface area contributed by atoms with Crippen LogP contribution in [0.25, 0.3) is 0 Å². The summed E-state index contributed by atoms with van der Waals surface area (Å²) >= 11 is 0. The fourth-order valence-electron chi connectivity index (χ4n) is 14.4. The van der Waals surface area contributed by atoms with Crippen molar-refractivity contribution in [2.24, 2.45) is 0 Å². The van der Waals surface area contributed by atoms with Crippen LogP contribution >= 0.6 is 0 Å². The summed E-state index contributed by atoms with van der Waals surface area (Å²) < 4.78 is 34.5. The van der Waals surface area contributed by atoms with Crippen LogP contribution in [0.4, 0.5) is 0 Å². The molecule has 586 valence electrons. The maximum atomic E-state index is 13.5. The van der Waals surface area contributed by atoms with Gasteiger partial charge >= 0.3 is 0 Å². The molecule has 3 saturated heterocycles. The number of allylic oxidation sites excluding steroid dienone is 1. The van der Waals surface area contributed by atoms with Gasteiger partial charge in [0.05, 0.1) is 38.6 Å². The first-order valence-electron chi connectivity index (χ1n) is 41.4. The lowest BCUT2D eigenvalue weighted by molar-refractivity contribution is -0.379. The highest BCUT2D eigenvalue weighted by Gasteiger charge is 2.54. The summed E-state index contributed by atoms with van der Waals surface area (Å²) in [5.41, 5.74) is 0. The molecule has 17 atom stereocenters. The largest absolute Gasteiger partial charge is 0.394 e. The molecular formula is C80H153NO18. The van der Waals surface area contributed by atoms with Gasteiger partial charge in [-0.1, -0.05) is 347 Å². The molecule has 0 aromatic heterocycles. The lowest BCUT2D eigenvalue weighted by atomic mass is 9.96. The van der Waals surface area contributed by atoms with Crippen molar-refractivity contribution in [3.63, 3.8) is 0 Å². The molecule has 19 nitrogen and oxygen atoms in total. The number of nitrogens with one attached hydrogen (secondary N) is 1. The van der Waals surface area contributed by atoms with Crippen LogP contribution in [-0.4, -0.2) is 193 Å². The van der Waals surface area contributed by atoms with Gasteiger partial charge in [-0.05, 0) is 19.3 Å². The van der Waals surface area contributed by atoms with Crippen molar-refractivity contribution in [1.82, 2.24) is 5.32 Å². The van der Waals surface area contributed by atoms with E-state index < -0.39 is 124 Å². The van der Waals surface area contributed by atoms with E-state index in [-0.39, 0.29) is 18.9 Å². The van der Waals surface area contributed by atoms with Crippen LogP contribution in [0.15, 0.2) is 12.2 Å². The molecule has 17 unspecified atom stereocenters. The smallest absolute Gasteiger partial charge is 0.220 e. The van der Waals surface area contributed by atoms with Crippen molar-refractivity contribution in [3.8, 4) is 0 Å². The van der Waals surface area contributed by atoms with Crippen molar-refractivity contribution in [2.45, 2.75) is 465 Å². The van der Waals surface area contributed by atoms with E-state index in [0.717, 1.165) is 44.9 Å². The average Bonchev–Trinajstić information content (AvgIpc) is 0.781.